The first kappa shape index (κ1) is 21.7. The lowest BCUT2D eigenvalue weighted by Crippen LogP contribution is -2.55. The average Bonchev–Trinajstić information content (AvgIpc) is 3.21. The largest absolute Gasteiger partial charge is 0.336 e. The summed E-state index contributed by atoms with van der Waals surface area (Å²) in [6.45, 7) is 3.02. The standard InChI is InChI=1S/C20H25N5O4S2/c1-14-4-5-17-15(11-14)12-18(30-17)19(26)22-23-20(27)24-7-9-25(10-8-24)31(28,29)16-3-2-6-21-13-16/h2-3,6,12-14H,4-5,7-11H2,1H3,(H,22,26)(H,23,27). The molecule has 2 N–H and O–H groups in total. The fourth-order valence-corrected chi connectivity index (χ4v) is 6.34. The maximum atomic E-state index is 12.7. The summed E-state index contributed by atoms with van der Waals surface area (Å²) >= 11 is 1.48. The number of hydrogen-bond donors (Lipinski definition) is 2. The van der Waals surface area contributed by atoms with Crippen molar-refractivity contribution in [1.82, 2.24) is 25.0 Å². The molecule has 31 heavy (non-hydrogen) atoms. The molecule has 1 saturated heterocycles. The van der Waals surface area contributed by atoms with E-state index in [0.717, 1.165) is 19.3 Å². The van der Waals surface area contributed by atoms with Gasteiger partial charge >= 0.3 is 6.03 Å². The lowest BCUT2D eigenvalue weighted by atomic mass is 9.90. The molecule has 4 rings (SSSR count). The van der Waals surface area contributed by atoms with Gasteiger partial charge in [0.1, 0.15) is 4.90 Å². The van der Waals surface area contributed by atoms with E-state index in [0.29, 0.717) is 10.8 Å². The van der Waals surface area contributed by atoms with Crippen LogP contribution in [0.4, 0.5) is 4.79 Å². The summed E-state index contributed by atoms with van der Waals surface area (Å²) in [6, 6.07) is 4.53. The first-order chi connectivity index (χ1) is 14.8. The molecule has 2 aliphatic rings. The van der Waals surface area contributed by atoms with Crippen molar-refractivity contribution in [2.24, 2.45) is 5.92 Å². The molecule has 2 aromatic heterocycles. The number of fused-ring (bicyclic) bond motifs is 1. The molecule has 0 bridgehead atoms. The van der Waals surface area contributed by atoms with Crippen LogP contribution in [0.2, 0.25) is 0 Å². The Hall–Kier alpha value is -2.50. The summed E-state index contributed by atoms with van der Waals surface area (Å²) in [5, 5.41) is 0. The number of piperazine rings is 1. The minimum Gasteiger partial charge on any atom is -0.321 e. The number of amides is 3. The van der Waals surface area contributed by atoms with E-state index in [4.69, 9.17) is 0 Å². The topological polar surface area (TPSA) is 112 Å². The van der Waals surface area contributed by atoms with Crippen LogP contribution in [-0.2, 0) is 22.9 Å². The second-order valence-electron chi connectivity index (χ2n) is 7.87. The molecule has 1 aliphatic carbocycles. The normalized spacial score (nSPS) is 19.5. The first-order valence-electron chi connectivity index (χ1n) is 10.2. The molecule has 0 spiro atoms. The fraction of sp³-hybridized carbons (Fsp3) is 0.450. The summed E-state index contributed by atoms with van der Waals surface area (Å²) in [7, 11) is -3.63. The second kappa shape index (κ2) is 8.93. The Balaban J connectivity index is 1.28. The molecule has 11 heteroatoms. The van der Waals surface area contributed by atoms with Gasteiger partial charge in [0.05, 0.1) is 4.88 Å². The SMILES string of the molecule is CC1CCc2sc(C(=O)NNC(=O)N3CCN(S(=O)(=O)c4cccnc4)CC3)cc2C1. The predicted molar refractivity (Wildman–Crippen MR) is 116 cm³/mol. The molecule has 3 heterocycles. The number of hydrogen-bond acceptors (Lipinski definition) is 6. The molecule has 1 fully saturated rings. The van der Waals surface area contributed by atoms with Gasteiger partial charge in [-0.3, -0.25) is 15.2 Å². The van der Waals surface area contributed by atoms with Gasteiger partial charge in [-0.1, -0.05) is 6.92 Å². The van der Waals surface area contributed by atoms with Crippen molar-refractivity contribution in [3.05, 3.63) is 45.9 Å². The highest BCUT2D eigenvalue weighted by atomic mass is 32.2. The van der Waals surface area contributed by atoms with Gasteiger partial charge in [0.25, 0.3) is 5.91 Å². The molecule has 0 aromatic carbocycles. The molecular formula is C20H25N5O4S2. The molecule has 1 aliphatic heterocycles. The third-order valence-electron chi connectivity index (χ3n) is 5.63. The highest BCUT2D eigenvalue weighted by Gasteiger charge is 2.30. The number of rotatable bonds is 3. The third kappa shape index (κ3) is 4.73. The van der Waals surface area contributed by atoms with E-state index in [1.165, 1.54) is 49.4 Å². The molecule has 1 atom stereocenters. The van der Waals surface area contributed by atoms with Crippen LogP contribution in [0, 0.1) is 5.92 Å². The Morgan fingerprint density at radius 2 is 1.97 bits per heavy atom. The molecule has 1 unspecified atom stereocenters. The highest BCUT2D eigenvalue weighted by Crippen LogP contribution is 2.32. The van der Waals surface area contributed by atoms with Crippen LogP contribution in [0.5, 0.6) is 0 Å². The van der Waals surface area contributed by atoms with Gasteiger partial charge in [-0.15, -0.1) is 11.3 Å². The highest BCUT2D eigenvalue weighted by molar-refractivity contribution is 7.89. The van der Waals surface area contributed by atoms with Crippen LogP contribution in [0.15, 0.2) is 35.5 Å². The van der Waals surface area contributed by atoms with E-state index in [9.17, 15) is 18.0 Å². The minimum atomic E-state index is -3.63. The molecule has 2 aromatic rings. The Morgan fingerprint density at radius 1 is 1.19 bits per heavy atom. The van der Waals surface area contributed by atoms with E-state index in [1.807, 2.05) is 6.07 Å². The van der Waals surface area contributed by atoms with E-state index in [2.05, 4.69) is 22.8 Å². The van der Waals surface area contributed by atoms with Gasteiger partial charge in [0.15, 0.2) is 0 Å². The van der Waals surface area contributed by atoms with Gasteiger partial charge in [-0.05, 0) is 48.9 Å². The monoisotopic (exact) mass is 463 g/mol. The summed E-state index contributed by atoms with van der Waals surface area (Å²) in [4.78, 5) is 32.2. The van der Waals surface area contributed by atoms with Crippen molar-refractivity contribution in [1.29, 1.82) is 0 Å². The number of thiophene rings is 1. The van der Waals surface area contributed by atoms with Crippen molar-refractivity contribution in [3.63, 3.8) is 0 Å². The lowest BCUT2D eigenvalue weighted by Gasteiger charge is -2.33. The third-order valence-corrected chi connectivity index (χ3v) is 8.75. The molecule has 166 valence electrons. The predicted octanol–water partition coefficient (Wildman–Crippen LogP) is 1.63. The number of nitrogens with one attached hydrogen (secondary N) is 2. The fourth-order valence-electron chi connectivity index (χ4n) is 3.85. The maximum Gasteiger partial charge on any atom is 0.336 e. The van der Waals surface area contributed by atoms with Crippen LogP contribution in [-0.4, -0.2) is 60.7 Å². The van der Waals surface area contributed by atoms with Crippen LogP contribution >= 0.6 is 11.3 Å². The number of aryl methyl sites for hydroxylation is 1. The van der Waals surface area contributed by atoms with Crippen LogP contribution in [0.1, 0.15) is 33.5 Å². The molecule has 0 saturated carbocycles. The number of nitrogens with zero attached hydrogens (tertiary/aromatic N) is 3. The molecule has 0 radical (unpaired) electrons. The van der Waals surface area contributed by atoms with Gasteiger partial charge in [-0.25, -0.2) is 18.6 Å². The van der Waals surface area contributed by atoms with E-state index >= 15 is 0 Å². The Kier molecular flexibility index (Phi) is 6.26. The molecule has 9 nitrogen and oxygen atoms in total. The summed E-state index contributed by atoms with van der Waals surface area (Å²) in [5.74, 6) is 0.288. The van der Waals surface area contributed by atoms with Gasteiger partial charge in [0, 0.05) is 43.4 Å². The second-order valence-corrected chi connectivity index (χ2v) is 10.9. The van der Waals surface area contributed by atoms with Gasteiger partial charge in [0.2, 0.25) is 10.0 Å². The number of urea groups is 1. The van der Waals surface area contributed by atoms with E-state index < -0.39 is 16.1 Å². The number of sulfonamides is 1. The summed E-state index contributed by atoms with van der Waals surface area (Å²) in [6.07, 6.45) is 5.94. The van der Waals surface area contributed by atoms with Gasteiger partial charge in [-0.2, -0.15) is 4.31 Å². The van der Waals surface area contributed by atoms with Crippen molar-refractivity contribution < 1.29 is 18.0 Å². The van der Waals surface area contributed by atoms with Crippen molar-refractivity contribution in [2.75, 3.05) is 26.2 Å². The molecule has 3 amide bonds. The Bertz CT molecular complexity index is 1060. The number of pyridine rings is 1. The quantitative estimate of drug-likeness (QED) is 0.672. The minimum absolute atomic E-state index is 0.133. The van der Waals surface area contributed by atoms with Crippen LogP contribution < -0.4 is 10.9 Å². The van der Waals surface area contributed by atoms with Gasteiger partial charge < -0.3 is 4.90 Å². The number of hydrazine groups is 1. The average molecular weight is 464 g/mol. The number of aromatic nitrogens is 1. The Labute approximate surface area is 185 Å². The van der Waals surface area contributed by atoms with Crippen molar-refractivity contribution in [2.45, 2.75) is 31.1 Å². The zero-order valence-corrected chi connectivity index (χ0v) is 18.8. The zero-order chi connectivity index (χ0) is 22.0. The Morgan fingerprint density at radius 3 is 2.68 bits per heavy atom. The molecular weight excluding hydrogens is 438 g/mol. The van der Waals surface area contributed by atoms with Crippen molar-refractivity contribution in [3.8, 4) is 0 Å². The lowest BCUT2D eigenvalue weighted by molar-refractivity contribution is 0.0930. The number of carbonyl (C=O) groups excluding carboxylic acids is 2. The summed E-state index contributed by atoms with van der Waals surface area (Å²) in [5.41, 5.74) is 6.14. The summed E-state index contributed by atoms with van der Waals surface area (Å²) < 4.78 is 26.6. The number of carbonyl (C=O) groups is 2. The van der Waals surface area contributed by atoms with E-state index in [-0.39, 0.29) is 37.0 Å². The van der Waals surface area contributed by atoms with Crippen LogP contribution in [0.25, 0.3) is 0 Å². The zero-order valence-electron chi connectivity index (χ0n) is 17.2. The van der Waals surface area contributed by atoms with Crippen molar-refractivity contribution >= 4 is 33.3 Å². The van der Waals surface area contributed by atoms with Crippen LogP contribution in [0.3, 0.4) is 0 Å². The smallest absolute Gasteiger partial charge is 0.321 e. The maximum absolute atomic E-state index is 12.7. The first-order valence-corrected chi connectivity index (χ1v) is 12.5. The van der Waals surface area contributed by atoms with E-state index in [1.54, 1.807) is 6.07 Å².